The fraction of sp³-hybridized carbons (Fsp3) is 0.200. The molecule has 0 saturated heterocycles. The number of amides is 1. The molecule has 1 unspecified atom stereocenters. The fourth-order valence-electron chi connectivity index (χ4n) is 2.74. The molecule has 3 rings (SSSR count). The van der Waals surface area contributed by atoms with Crippen LogP contribution in [0.1, 0.15) is 12.2 Å². The topological polar surface area (TPSA) is 76.4 Å². The zero-order valence-corrected chi connectivity index (χ0v) is 15.3. The Morgan fingerprint density at radius 3 is 2.28 bits per heavy atom. The lowest BCUT2D eigenvalue weighted by molar-refractivity contribution is -0.270. The zero-order valence-electron chi connectivity index (χ0n) is 15.3. The van der Waals surface area contributed by atoms with Crippen LogP contribution in [0.15, 0.2) is 67.0 Å². The second kappa shape index (κ2) is 7.96. The molecule has 0 fully saturated rings. The Balaban J connectivity index is 1.70. The molecule has 0 aliphatic carbocycles. The van der Waals surface area contributed by atoms with E-state index in [1.807, 2.05) is 18.2 Å². The van der Waals surface area contributed by atoms with Gasteiger partial charge in [0.15, 0.2) is 5.82 Å². The van der Waals surface area contributed by atoms with Gasteiger partial charge >= 0.3 is 6.18 Å². The highest BCUT2D eigenvalue weighted by molar-refractivity contribution is 5.91. The van der Waals surface area contributed by atoms with Gasteiger partial charge in [0, 0.05) is 25.1 Å². The highest BCUT2D eigenvalue weighted by atomic mass is 19.4. The minimum Gasteiger partial charge on any atom is -0.457 e. The maximum absolute atomic E-state index is 13.5. The van der Waals surface area contributed by atoms with Crippen molar-refractivity contribution in [1.82, 2.24) is 9.55 Å². The van der Waals surface area contributed by atoms with Crippen LogP contribution in [0, 0.1) is 0 Å². The van der Waals surface area contributed by atoms with Crippen LogP contribution in [-0.4, -0.2) is 26.7 Å². The third-order valence-corrected chi connectivity index (χ3v) is 4.19. The number of aliphatic hydroxyl groups is 1. The second-order valence-corrected chi connectivity index (χ2v) is 6.38. The number of carbonyl (C=O) groups is 1. The van der Waals surface area contributed by atoms with E-state index in [4.69, 9.17) is 4.74 Å². The summed E-state index contributed by atoms with van der Waals surface area (Å²) in [6, 6.07) is 15.1. The molecule has 3 aromatic rings. The number of hydrogen-bond donors (Lipinski definition) is 2. The van der Waals surface area contributed by atoms with Gasteiger partial charge in [0.25, 0.3) is 0 Å². The van der Waals surface area contributed by atoms with Crippen LogP contribution in [-0.2, 0) is 17.4 Å². The lowest BCUT2D eigenvalue weighted by atomic mass is 9.97. The number of aromatic nitrogens is 2. The molecular formula is C20H18F3N3O3. The monoisotopic (exact) mass is 405 g/mol. The molecule has 1 aromatic heterocycles. The van der Waals surface area contributed by atoms with E-state index >= 15 is 0 Å². The summed E-state index contributed by atoms with van der Waals surface area (Å²) < 4.78 is 47.2. The van der Waals surface area contributed by atoms with Crippen LogP contribution >= 0.6 is 0 Å². The van der Waals surface area contributed by atoms with Crippen molar-refractivity contribution < 1.29 is 27.8 Å². The van der Waals surface area contributed by atoms with Crippen LogP contribution in [0.3, 0.4) is 0 Å². The van der Waals surface area contributed by atoms with Gasteiger partial charge in [0.2, 0.25) is 11.5 Å². The molecule has 2 aromatic carbocycles. The molecule has 1 amide bonds. The lowest BCUT2D eigenvalue weighted by Crippen LogP contribution is -2.46. The van der Waals surface area contributed by atoms with Crippen molar-refractivity contribution in [2.45, 2.75) is 18.2 Å². The number of rotatable bonds is 6. The SMILES string of the molecule is Cn1ccnc1C(O)(CC(=O)Nc1ccc(Oc2ccccc2)cc1)C(F)(F)F. The van der Waals surface area contributed by atoms with Crippen LogP contribution in [0.25, 0.3) is 0 Å². The van der Waals surface area contributed by atoms with E-state index in [1.54, 1.807) is 24.3 Å². The first-order valence-corrected chi connectivity index (χ1v) is 8.59. The van der Waals surface area contributed by atoms with Crippen LogP contribution in [0.5, 0.6) is 11.5 Å². The number of benzene rings is 2. The number of carbonyl (C=O) groups excluding carboxylic acids is 1. The minimum atomic E-state index is -5.09. The van der Waals surface area contributed by atoms with Gasteiger partial charge in [-0.3, -0.25) is 4.79 Å². The van der Waals surface area contributed by atoms with E-state index in [0.717, 1.165) is 10.8 Å². The summed E-state index contributed by atoms with van der Waals surface area (Å²) in [7, 11) is 1.31. The molecule has 0 radical (unpaired) electrons. The molecule has 6 nitrogen and oxygen atoms in total. The summed E-state index contributed by atoms with van der Waals surface area (Å²) in [5.74, 6) is -0.556. The van der Waals surface area contributed by atoms with Gasteiger partial charge in [-0.05, 0) is 36.4 Å². The molecule has 0 aliphatic rings. The standard InChI is InChI=1S/C20H18F3N3O3/c1-26-12-11-24-18(26)19(28,20(21,22)23)13-17(27)25-14-7-9-16(10-8-14)29-15-5-3-2-4-6-15/h2-12,28H,13H2,1H3,(H,25,27). The highest BCUT2D eigenvalue weighted by Crippen LogP contribution is 2.41. The summed E-state index contributed by atoms with van der Waals surface area (Å²) in [5, 5.41) is 12.6. The Labute approximate surface area is 164 Å². The molecular weight excluding hydrogens is 387 g/mol. The average Bonchev–Trinajstić information content (AvgIpc) is 3.09. The van der Waals surface area contributed by atoms with Crippen LogP contribution in [0.4, 0.5) is 18.9 Å². The van der Waals surface area contributed by atoms with Crippen LogP contribution in [0.2, 0.25) is 0 Å². The van der Waals surface area contributed by atoms with Gasteiger partial charge in [-0.1, -0.05) is 18.2 Å². The molecule has 0 spiro atoms. The number of nitrogens with one attached hydrogen (secondary N) is 1. The van der Waals surface area contributed by atoms with Crippen molar-refractivity contribution in [3.63, 3.8) is 0 Å². The third-order valence-electron chi connectivity index (χ3n) is 4.19. The van der Waals surface area contributed by atoms with Gasteiger partial charge in [-0.2, -0.15) is 13.2 Å². The van der Waals surface area contributed by atoms with Crippen molar-refractivity contribution in [3.8, 4) is 11.5 Å². The predicted octanol–water partition coefficient (Wildman–Crippen LogP) is 3.99. The van der Waals surface area contributed by atoms with Crippen molar-refractivity contribution in [1.29, 1.82) is 0 Å². The predicted molar refractivity (Wildman–Crippen MR) is 99.4 cm³/mol. The Morgan fingerprint density at radius 1 is 1.10 bits per heavy atom. The first-order chi connectivity index (χ1) is 13.7. The number of aryl methyl sites for hydroxylation is 1. The van der Waals surface area contributed by atoms with E-state index in [9.17, 15) is 23.1 Å². The first-order valence-electron chi connectivity index (χ1n) is 8.59. The van der Waals surface area contributed by atoms with Crippen molar-refractivity contribution >= 4 is 11.6 Å². The summed E-state index contributed by atoms with van der Waals surface area (Å²) in [4.78, 5) is 15.8. The molecule has 1 atom stereocenters. The largest absolute Gasteiger partial charge is 0.457 e. The molecule has 0 bridgehead atoms. The number of ether oxygens (including phenoxy) is 1. The molecule has 9 heteroatoms. The fourth-order valence-corrected chi connectivity index (χ4v) is 2.74. The summed E-state index contributed by atoms with van der Waals surface area (Å²) in [6.07, 6.45) is -3.94. The molecule has 29 heavy (non-hydrogen) atoms. The number of para-hydroxylation sites is 1. The molecule has 2 N–H and O–H groups in total. The van der Waals surface area contributed by atoms with E-state index in [-0.39, 0.29) is 5.69 Å². The van der Waals surface area contributed by atoms with E-state index in [0.29, 0.717) is 11.5 Å². The first kappa shape index (κ1) is 20.4. The molecule has 1 heterocycles. The van der Waals surface area contributed by atoms with E-state index < -0.39 is 29.9 Å². The van der Waals surface area contributed by atoms with Gasteiger partial charge in [-0.25, -0.2) is 4.98 Å². The number of alkyl halides is 3. The molecule has 0 aliphatic heterocycles. The maximum Gasteiger partial charge on any atom is 0.425 e. The second-order valence-electron chi connectivity index (χ2n) is 6.38. The van der Waals surface area contributed by atoms with E-state index in [2.05, 4.69) is 10.3 Å². The Hall–Kier alpha value is -3.33. The van der Waals surface area contributed by atoms with E-state index in [1.165, 1.54) is 25.4 Å². The average molecular weight is 405 g/mol. The molecule has 0 saturated carbocycles. The van der Waals surface area contributed by atoms with Crippen molar-refractivity contribution in [2.75, 3.05) is 5.32 Å². The summed E-state index contributed by atoms with van der Waals surface area (Å²) >= 11 is 0. The Kier molecular flexibility index (Phi) is 5.60. The number of hydrogen-bond acceptors (Lipinski definition) is 4. The summed E-state index contributed by atoms with van der Waals surface area (Å²) in [6.45, 7) is 0. The zero-order chi connectivity index (χ0) is 21.1. The smallest absolute Gasteiger partial charge is 0.425 e. The highest BCUT2D eigenvalue weighted by Gasteiger charge is 2.58. The van der Waals surface area contributed by atoms with Crippen LogP contribution < -0.4 is 10.1 Å². The van der Waals surface area contributed by atoms with Gasteiger partial charge in [-0.15, -0.1) is 0 Å². The number of anilines is 1. The quantitative estimate of drug-likeness (QED) is 0.650. The maximum atomic E-state index is 13.5. The number of nitrogens with zero attached hydrogens (tertiary/aromatic N) is 2. The van der Waals surface area contributed by atoms with Crippen molar-refractivity contribution in [2.24, 2.45) is 7.05 Å². The Bertz CT molecular complexity index is 972. The third kappa shape index (κ3) is 4.57. The Morgan fingerprint density at radius 2 is 1.72 bits per heavy atom. The summed E-state index contributed by atoms with van der Waals surface area (Å²) in [5.41, 5.74) is -3.15. The van der Waals surface area contributed by atoms with Crippen molar-refractivity contribution in [3.05, 3.63) is 72.8 Å². The lowest BCUT2D eigenvalue weighted by Gasteiger charge is -2.29. The van der Waals surface area contributed by atoms with Gasteiger partial charge in [0.05, 0.1) is 6.42 Å². The number of halogens is 3. The molecule has 152 valence electrons. The minimum absolute atomic E-state index is 0.264. The number of imidazole rings is 1. The van der Waals surface area contributed by atoms with Gasteiger partial charge in [0.1, 0.15) is 11.5 Å². The van der Waals surface area contributed by atoms with Gasteiger partial charge < -0.3 is 19.7 Å². The normalized spacial score (nSPS) is 13.6.